The van der Waals surface area contributed by atoms with Gasteiger partial charge in [-0.25, -0.2) is 0 Å². The molecular weight excluding hydrogens is 612 g/mol. The van der Waals surface area contributed by atoms with Crippen molar-refractivity contribution < 1.29 is 57.5 Å². The lowest BCUT2D eigenvalue weighted by atomic mass is 9.33. The van der Waals surface area contributed by atoms with E-state index in [1.807, 2.05) is 26.8 Å². The molecule has 15 atom stereocenters. The number of furan rings is 1. The number of epoxide rings is 1. The number of hydrogen-bond donors (Lipinski definition) is 2. The number of carbonyl (C=O) groups is 4. The smallest absolute Gasteiger partial charge is 0.310 e. The van der Waals surface area contributed by atoms with Crippen molar-refractivity contribution in [2.75, 3.05) is 6.61 Å². The molecule has 7 rings (SSSR count). The number of ether oxygens (including phenoxy) is 5. The number of hydrogen-bond acceptors (Lipinski definition) is 12. The average Bonchev–Trinajstić information content (AvgIpc) is 3.36. The number of ketones is 1. The molecule has 2 N–H and O–H groups in total. The van der Waals surface area contributed by atoms with Crippen LogP contribution in [0.15, 0.2) is 23.0 Å². The van der Waals surface area contributed by atoms with E-state index in [1.165, 1.54) is 13.8 Å². The molecule has 2 aliphatic heterocycles. The van der Waals surface area contributed by atoms with Gasteiger partial charge in [-0.05, 0) is 43.7 Å². The van der Waals surface area contributed by atoms with Crippen molar-refractivity contribution in [3.05, 3.63) is 24.2 Å². The summed E-state index contributed by atoms with van der Waals surface area (Å²) < 4.78 is 36.3. The van der Waals surface area contributed by atoms with Crippen molar-refractivity contribution in [2.45, 2.75) is 122 Å². The topological polar surface area (TPSA) is 171 Å². The Labute approximate surface area is 273 Å². The Bertz CT molecular complexity index is 1490. The molecule has 47 heavy (non-hydrogen) atoms. The molecule has 1 aromatic rings. The summed E-state index contributed by atoms with van der Waals surface area (Å²) in [5.74, 6) is -4.62. The molecule has 12 heteroatoms. The van der Waals surface area contributed by atoms with Crippen LogP contribution in [-0.4, -0.2) is 82.9 Å². The number of aliphatic hydroxyl groups is 2. The lowest BCUT2D eigenvalue weighted by Gasteiger charge is -2.73. The maximum absolute atomic E-state index is 15.3. The van der Waals surface area contributed by atoms with E-state index in [4.69, 9.17) is 28.1 Å². The van der Waals surface area contributed by atoms with Crippen molar-refractivity contribution in [1.82, 2.24) is 0 Å². The van der Waals surface area contributed by atoms with E-state index in [0.29, 0.717) is 12.8 Å². The first-order valence-corrected chi connectivity index (χ1v) is 16.8. The fraction of sp³-hybridized carbons (Fsp3) is 0.771. The molecule has 4 aliphatic carbocycles. The van der Waals surface area contributed by atoms with E-state index < -0.39 is 99.4 Å². The maximum Gasteiger partial charge on any atom is 0.310 e. The second-order valence-electron chi connectivity index (χ2n) is 15.6. The highest BCUT2D eigenvalue weighted by atomic mass is 16.7. The minimum Gasteiger partial charge on any atom is -0.472 e. The molecule has 12 nitrogen and oxygen atoms in total. The van der Waals surface area contributed by atoms with Crippen molar-refractivity contribution >= 4 is 23.7 Å². The number of aliphatic hydroxyl groups excluding tert-OH is 2. The molecule has 0 amide bonds. The lowest BCUT2D eigenvalue weighted by molar-refractivity contribution is -0.374. The van der Waals surface area contributed by atoms with Gasteiger partial charge in [-0.15, -0.1) is 0 Å². The Morgan fingerprint density at radius 1 is 1.00 bits per heavy atom. The second-order valence-corrected chi connectivity index (χ2v) is 15.6. The Morgan fingerprint density at radius 3 is 2.32 bits per heavy atom. The van der Waals surface area contributed by atoms with Crippen LogP contribution in [0.1, 0.15) is 85.6 Å². The molecule has 3 heterocycles. The number of rotatable bonds is 6. The summed E-state index contributed by atoms with van der Waals surface area (Å²) in [6, 6.07) is 1.84. The highest BCUT2D eigenvalue weighted by Crippen LogP contribution is 2.83. The van der Waals surface area contributed by atoms with Crippen molar-refractivity contribution in [3.63, 3.8) is 0 Å². The van der Waals surface area contributed by atoms with Gasteiger partial charge in [0.2, 0.25) is 6.29 Å². The Balaban J connectivity index is 1.40. The van der Waals surface area contributed by atoms with Crippen LogP contribution in [0.4, 0.5) is 0 Å². The quantitative estimate of drug-likeness (QED) is 0.260. The summed E-state index contributed by atoms with van der Waals surface area (Å²) in [7, 11) is 0. The monoisotopic (exact) mass is 658 g/mol. The fourth-order valence-corrected chi connectivity index (χ4v) is 11.5. The van der Waals surface area contributed by atoms with Crippen molar-refractivity contribution in [1.29, 1.82) is 0 Å². The van der Waals surface area contributed by atoms with E-state index in [2.05, 4.69) is 0 Å². The second kappa shape index (κ2) is 10.4. The first-order chi connectivity index (χ1) is 22.1. The van der Waals surface area contributed by atoms with Gasteiger partial charge < -0.3 is 38.3 Å². The lowest BCUT2D eigenvalue weighted by Crippen LogP contribution is -2.82. The molecular formula is C35H46O12. The first kappa shape index (κ1) is 32.7. The van der Waals surface area contributed by atoms with Gasteiger partial charge in [0.25, 0.3) is 0 Å². The molecule has 6 fully saturated rings. The Hall–Kier alpha value is -2.80. The number of Topliss-reactive ketones (excluding diaryl/α,β-unsaturated/α-hetero) is 1. The standard InChI is InChI=1S/C35H46O12/c1-8-16(2)29(41)46-30-31(5)21-12-22(38)33(7)27(34(21,15-43-30)23(39)13-24(31)44-17(3)36)26(40)28(45-18(4)37)32(6)20(19-9-10-42-14-19)11-25-35(32,33)47-25/h9-10,14,16,20-25,27-28,30,38-39H,8,11-13,15H2,1-7H3/t16-,20+,21+,22-,23+,24-,25-,27+,28+,30-,31-,32-,33-,34-,35-/m1/s1. The van der Waals surface area contributed by atoms with Crippen LogP contribution in [0.2, 0.25) is 0 Å². The van der Waals surface area contributed by atoms with Gasteiger partial charge >= 0.3 is 17.9 Å². The highest BCUT2D eigenvalue weighted by molar-refractivity contribution is 5.93. The highest BCUT2D eigenvalue weighted by Gasteiger charge is 2.92. The summed E-state index contributed by atoms with van der Waals surface area (Å²) >= 11 is 0. The zero-order valence-corrected chi connectivity index (χ0v) is 28.0. The van der Waals surface area contributed by atoms with Gasteiger partial charge in [-0.1, -0.05) is 27.7 Å². The number of fused-ring (bicyclic) bond motifs is 1. The Kier molecular flexibility index (Phi) is 7.21. The SMILES string of the molecule is CC[C@@H](C)C(=O)O[C@H]1OC[C@@]23[C@H]4C(=O)[C@H](OC(C)=O)[C@@]5(C)[C@H](c6ccoc6)C[C@H]6O[C@]65[C@]4(C)[C@H](O)C[C@H]2[C@]1(C)[C@H](OC(C)=O)C[C@@H]3O. The minimum absolute atomic E-state index is 0.0479. The Morgan fingerprint density at radius 2 is 1.70 bits per heavy atom. The third-order valence-corrected chi connectivity index (χ3v) is 13.8. The van der Waals surface area contributed by atoms with E-state index >= 15 is 4.79 Å². The van der Waals surface area contributed by atoms with Crippen LogP contribution in [0, 0.1) is 39.4 Å². The zero-order chi connectivity index (χ0) is 34.1. The van der Waals surface area contributed by atoms with E-state index in [0.717, 1.165) is 5.56 Å². The largest absolute Gasteiger partial charge is 0.472 e. The molecule has 6 aliphatic rings. The van der Waals surface area contributed by atoms with E-state index in [9.17, 15) is 24.6 Å². The van der Waals surface area contributed by atoms with Gasteiger partial charge in [0, 0.05) is 42.9 Å². The predicted molar refractivity (Wildman–Crippen MR) is 160 cm³/mol. The summed E-state index contributed by atoms with van der Waals surface area (Å²) in [6.07, 6.45) is -1.82. The molecule has 0 unspecified atom stereocenters. The molecule has 1 spiro atoms. The third-order valence-electron chi connectivity index (χ3n) is 13.8. The van der Waals surface area contributed by atoms with Gasteiger partial charge in [0.15, 0.2) is 11.9 Å². The van der Waals surface area contributed by atoms with Crippen molar-refractivity contribution in [2.24, 2.45) is 39.4 Å². The van der Waals surface area contributed by atoms with Gasteiger partial charge in [0.1, 0.15) is 11.7 Å². The van der Waals surface area contributed by atoms with Crippen LogP contribution in [0.3, 0.4) is 0 Å². The first-order valence-electron chi connectivity index (χ1n) is 16.8. The normalized spacial score (nSPS) is 49.8. The summed E-state index contributed by atoms with van der Waals surface area (Å²) in [5, 5.41) is 24.7. The summed E-state index contributed by atoms with van der Waals surface area (Å²) in [5.41, 5.74) is -5.14. The molecule has 258 valence electrons. The fourth-order valence-electron chi connectivity index (χ4n) is 11.5. The molecule has 0 aromatic carbocycles. The van der Waals surface area contributed by atoms with Gasteiger partial charge in [0.05, 0.1) is 54.2 Å². The molecule has 1 aromatic heterocycles. The van der Waals surface area contributed by atoms with Crippen LogP contribution in [0.25, 0.3) is 0 Å². The van der Waals surface area contributed by atoms with Crippen LogP contribution in [0.5, 0.6) is 0 Å². The molecule has 0 radical (unpaired) electrons. The third kappa shape index (κ3) is 3.78. The van der Waals surface area contributed by atoms with Crippen molar-refractivity contribution in [3.8, 4) is 0 Å². The van der Waals surface area contributed by atoms with E-state index in [-0.39, 0.29) is 31.5 Å². The van der Waals surface area contributed by atoms with Gasteiger partial charge in [-0.3, -0.25) is 19.2 Å². The van der Waals surface area contributed by atoms with Crippen LogP contribution >= 0.6 is 0 Å². The zero-order valence-electron chi connectivity index (χ0n) is 28.0. The molecule has 2 bridgehead atoms. The minimum atomic E-state index is -1.32. The number of esters is 3. The predicted octanol–water partition coefficient (Wildman–Crippen LogP) is 3.06. The van der Waals surface area contributed by atoms with Crippen LogP contribution < -0.4 is 0 Å². The van der Waals surface area contributed by atoms with Crippen LogP contribution in [-0.2, 0) is 42.9 Å². The van der Waals surface area contributed by atoms with E-state index in [1.54, 1.807) is 26.4 Å². The van der Waals surface area contributed by atoms with Gasteiger partial charge in [-0.2, -0.15) is 0 Å². The average molecular weight is 659 g/mol. The molecule has 4 saturated carbocycles. The number of carbonyl (C=O) groups excluding carboxylic acids is 4. The molecule has 2 saturated heterocycles. The summed E-state index contributed by atoms with van der Waals surface area (Å²) in [6.45, 7) is 11.5. The maximum atomic E-state index is 15.3. The summed E-state index contributed by atoms with van der Waals surface area (Å²) in [4.78, 5) is 53.6.